The number of rotatable bonds is 4. The van der Waals surface area contributed by atoms with Crippen molar-refractivity contribution in [3.63, 3.8) is 0 Å². The Kier molecular flexibility index (Phi) is 5.77. The summed E-state index contributed by atoms with van der Waals surface area (Å²) < 4.78 is 0. The lowest BCUT2D eigenvalue weighted by molar-refractivity contribution is 0.0933. The summed E-state index contributed by atoms with van der Waals surface area (Å²) in [6, 6.07) is 8.37. The van der Waals surface area contributed by atoms with Crippen LogP contribution in [0.1, 0.15) is 54.4 Å². The van der Waals surface area contributed by atoms with E-state index in [2.05, 4.69) is 17.6 Å². The van der Waals surface area contributed by atoms with Crippen molar-refractivity contribution in [2.24, 2.45) is 0 Å². The van der Waals surface area contributed by atoms with Crippen molar-refractivity contribution in [1.82, 2.24) is 5.32 Å². The highest BCUT2D eigenvalue weighted by molar-refractivity contribution is 7.97. The first-order chi connectivity index (χ1) is 9.29. The number of thioether (sulfide) groups is 1. The summed E-state index contributed by atoms with van der Waals surface area (Å²) in [7, 11) is 0. The quantitative estimate of drug-likeness (QED) is 0.843. The van der Waals surface area contributed by atoms with Gasteiger partial charge >= 0.3 is 0 Å². The predicted molar refractivity (Wildman–Crippen MR) is 82.6 cm³/mol. The first-order valence-corrected chi connectivity index (χ1v) is 8.57. The number of hydrogen-bond donors (Lipinski definition) is 1. The second kappa shape index (κ2) is 7.59. The van der Waals surface area contributed by atoms with Crippen molar-refractivity contribution in [2.75, 3.05) is 6.26 Å². The zero-order valence-electron chi connectivity index (χ0n) is 11.7. The Hall–Kier alpha value is -0.960. The van der Waals surface area contributed by atoms with E-state index in [-0.39, 0.29) is 5.91 Å². The normalized spacial score (nSPS) is 16.9. The van der Waals surface area contributed by atoms with Crippen molar-refractivity contribution in [1.29, 1.82) is 0 Å². The number of amides is 1. The molecule has 0 atom stereocenters. The van der Waals surface area contributed by atoms with Crippen LogP contribution in [0.2, 0.25) is 0 Å². The van der Waals surface area contributed by atoms with Gasteiger partial charge in [0.1, 0.15) is 0 Å². The Labute approximate surface area is 120 Å². The number of carbonyl (C=O) groups is 1. The molecule has 0 spiro atoms. The zero-order chi connectivity index (χ0) is 13.5. The predicted octanol–water partition coefficient (Wildman–Crippen LogP) is 4.00. The van der Waals surface area contributed by atoms with Crippen LogP contribution in [0.5, 0.6) is 0 Å². The van der Waals surface area contributed by atoms with Gasteiger partial charge in [0.05, 0.1) is 0 Å². The van der Waals surface area contributed by atoms with Crippen molar-refractivity contribution < 1.29 is 4.79 Å². The maximum absolute atomic E-state index is 12.3. The van der Waals surface area contributed by atoms with E-state index in [1.807, 2.05) is 18.2 Å². The SMILES string of the molecule is CSCc1cccc(C(=O)NC2CCCCCC2)c1. The lowest BCUT2D eigenvalue weighted by Gasteiger charge is -2.16. The molecule has 1 fully saturated rings. The molecule has 0 radical (unpaired) electrons. The van der Waals surface area contributed by atoms with Crippen LogP contribution in [-0.4, -0.2) is 18.2 Å². The minimum atomic E-state index is 0.0925. The van der Waals surface area contributed by atoms with Crippen LogP contribution in [0.4, 0.5) is 0 Å². The molecule has 1 aliphatic carbocycles. The van der Waals surface area contributed by atoms with Crippen molar-refractivity contribution >= 4 is 17.7 Å². The minimum absolute atomic E-state index is 0.0925. The molecule has 1 saturated carbocycles. The molecule has 1 aliphatic rings. The molecule has 0 bridgehead atoms. The Morgan fingerprint density at radius 1 is 1.26 bits per heavy atom. The average molecular weight is 277 g/mol. The van der Waals surface area contributed by atoms with Gasteiger partial charge in [-0.05, 0) is 36.8 Å². The summed E-state index contributed by atoms with van der Waals surface area (Å²) in [5.41, 5.74) is 2.02. The molecule has 0 unspecified atom stereocenters. The van der Waals surface area contributed by atoms with Gasteiger partial charge in [-0.2, -0.15) is 11.8 Å². The van der Waals surface area contributed by atoms with Gasteiger partial charge in [0, 0.05) is 17.4 Å². The van der Waals surface area contributed by atoms with E-state index in [9.17, 15) is 4.79 Å². The molecule has 1 N–H and O–H groups in total. The highest BCUT2D eigenvalue weighted by Gasteiger charge is 2.15. The second-order valence-corrected chi connectivity index (χ2v) is 6.16. The van der Waals surface area contributed by atoms with Gasteiger partial charge < -0.3 is 5.32 Å². The molecule has 1 aromatic rings. The van der Waals surface area contributed by atoms with Crippen LogP contribution in [0.3, 0.4) is 0 Å². The molecule has 0 aliphatic heterocycles. The molecule has 2 rings (SSSR count). The molecule has 19 heavy (non-hydrogen) atoms. The minimum Gasteiger partial charge on any atom is -0.349 e. The number of benzene rings is 1. The molecule has 2 nitrogen and oxygen atoms in total. The van der Waals surface area contributed by atoms with Crippen LogP contribution in [-0.2, 0) is 5.75 Å². The maximum atomic E-state index is 12.3. The van der Waals surface area contributed by atoms with Gasteiger partial charge in [0.2, 0.25) is 0 Å². The summed E-state index contributed by atoms with van der Waals surface area (Å²) in [6.07, 6.45) is 9.48. The second-order valence-electron chi connectivity index (χ2n) is 5.30. The topological polar surface area (TPSA) is 29.1 Å². The van der Waals surface area contributed by atoms with Gasteiger partial charge in [-0.1, -0.05) is 37.8 Å². The maximum Gasteiger partial charge on any atom is 0.251 e. The lowest BCUT2D eigenvalue weighted by atomic mass is 10.1. The van der Waals surface area contributed by atoms with E-state index >= 15 is 0 Å². The molecule has 104 valence electrons. The monoisotopic (exact) mass is 277 g/mol. The van der Waals surface area contributed by atoms with Crippen molar-refractivity contribution in [3.05, 3.63) is 35.4 Å². The fourth-order valence-electron chi connectivity index (χ4n) is 2.66. The first kappa shape index (κ1) is 14.4. The summed E-state index contributed by atoms with van der Waals surface area (Å²) >= 11 is 1.78. The Balaban J connectivity index is 1.96. The van der Waals surface area contributed by atoms with Crippen LogP contribution in [0.15, 0.2) is 24.3 Å². The fourth-order valence-corrected chi connectivity index (χ4v) is 3.17. The zero-order valence-corrected chi connectivity index (χ0v) is 12.5. The summed E-state index contributed by atoms with van der Waals surface area (Å²) in [4.78, 5) is 12.3. The van der Waals surface area contributed by atoms with Gasteiger partial charge in [-0.3, -0.25) is 4.79 Å². The van der Waals surface area contributed by atoms with Gasteiger partial charge in [-0.25, -0.2) is 0 Å². The summed E-state index contributed by atoms with van der Waals surface area (Å²) in [5.74, 6) is 1.06. The van der Waals surface area contributed by atoms with Crippen molar-refractivity contribution in [2.45, 2.75) is 50.3 Å². The van der Waals surface area contributed by atoms with Crippen LogP contribution in [0, 0.1) is 0 Å². The van der Waals surface area contributed by atoms with E-state index in [4.69, 9.17) is 0 Å². The van der Waals surface area contributed by atoms with E-state index in [1.54, 1.807) is 11.8 Å². The summed E-state index contributed by atoms with van der Waals surface area (Å²) in [6.45, 7) is 0. The van der Waals surface area contributed by atoms with E-state index in [1.165, 1.54) is 31.2 Å². The largest absolute Gasteiger partial charge is 0.349 e. The number of hydrogen-bond acceptors (Lipinski definition) is 2. The molecule has 3 heteroatoms. The number of nitrogens with one attached hydrogen (secondary N) is 1. The van der Waals surface area contributed by atoms with Crippen LogP contribution >= 0.6 is 11.8 Å². The Morgan fingerprint density at radius 3 is 2.68 bits per heavy atom. The molecule has 0 heterocycles. The Morgan fingerprint density at radius 2 is 2.00 bits per heavy atom. The third-order valence-electron chi connectivity index (χ3n) is 3.69. The van der Waals surface area contributed by atoms with Crippen LogP contribution < -0.4 is 5.32 Å². The lowest BCUT2D eigenvalue weighted by Crippen LogP contribution is -2.34. The molecule has 0 aromatic heterocycles. The van der Waals surface area contributed by atoms with Gasteiger partial charge in [-0.15, -0.1) is 0 Å². The average Bonchev–Trinajstić information content (AvgIpc) is 2.68. The molecular formula is C16H23NOS. The fraction of sp³-hybridized carbons (Fsp3) is 0.562. The van der Waals surface area contributed by atoms with Gasteiger partial charge in [0.25, 0.3) is 5.91 Å². The van der Waals surface area contributed by atoms with Crippen molar-refractivity contribution in [3.8, 4) is 0 Å². The Bertz CT molecular complexity index is 411. The van der Waals surface area contributed by atoms with E-state index in [0.29, 0.717) is 6.04 Å². The summed E-state index contributed by atoms with van der Waals surface area (Å²) in [5, 5.41) is 3.20. The van der Waals surface area contributed by atoms with E-state index in [0.717, 1.165) is 24.2 Å². The third kappa shape index (κ3) is 4.57. The molecule has 1 aromatic carbocycles. The molecular weight excluding hydrogens is 254 g/mol. The molecule has 1 amide bonds. The smallest absolute Gasteiger partial charge is 0.251 e. The standard InChI is InChI=1S/C16H23NOS/c1-19-12-13-7-6-8-14(11-13)16(18)17-15-9-4-2-3-5-10-15/h6-8,11,15H,2-5,9-10,12H2,1H3,(H,17,18). The van der Waals surface area contributed by atoms with E-state index < -0.39 is 0 Å². The highest BCUT2D eigenvalue weighted by atomic mass is 32.2. The molecule has 0 saturated heterocycles. The van der Waals surface area contributed by atoms with Crippen LogP contribution in [0.25, 0.3) is 0 Å². The third-order valence-corrected chi connectivity index (χ3v) is 4.31. The number of carbonyl (C=O) groups excluding carboxylic acids is 1. The first-order valence-electron chi connectivity index (χ1n) is 7.18. The van der Waals surface area contributed by atoms with Gasteiger partial charge in [0.15, 0.2) is 0 Å². The highest BCUT2D eigenvalue weighted by Crippen LogP contribution is 2.18.